The lowest BCUT2D eigenvalue weighted by atomic mass is 10.0. The molecule has 0 spiro atoms. The normalized spacial score (nSPS) is 16.0. The molecule has 0 saturated carbocycles. The van der Waals surface area contributed by atoms with Crippen LogP contribution in [-0.4, -0.2) is 48.1 Å². The van der Waals surface area contributed by atoms with Crippen LogP contribution in [0.2, 0.25) is 10.0 Å². The van der Waals surface area contributed by atoms with Gasteiger partial charge in [0.15, 0.2) is 0 Å². The highest BCUT2D eigenvalue weighted by atomic mass is 35.5. The van der Waals surface area contributed by atoms with Crippen LogP contribution in [0.5, 0.6) is 0 Å². The molecule has 2 N–H and O–H groups in total. The van der Waals surface area contributed by atoms with Gasteiger partial charge >= 0.3 is 0 Å². The number of hydrogen-bond acceptors (Lipinski definition) is 5. The second-order valence-corrected chi connectivity index (χ2v) is 7.04. The van der Waals surface area contributed by atoms with Crippen LogP contribution in [0.3, 0.4) is 0 Å². The fraction of sp³-hybridized carbons (Fsp3) is 0.412. The highest BCUT2D eigenvalue weighted by Crippen LogP contribution is 2.35. The summed E-state index contributed by atoms with van der Waals surface area (Å²) in [5, 5.41) is 0.956. The van der Waals surface area contributed by atoms with Gasteiger partial charge in [-0.05, 0) is 33.0 Å². The minimum atomic E-state index is 0.416. The van der Waals surface area contributed by atoms with Gasteiger partial charge in [-0.1, -0.05) is 35.3 Å². The van der Waals surface area contributed by atoms with Gasteiger partial charge in [0.2, 0.25) is 5.95 Å². The molecular formula is C17H21Cl2N5. The second-order valence-electron chi connectivity index (χ2n) is 6.25. The summed E-state index contributed by atoms with van der Waals surface area (Å²) in [6.07, 6.45) is 3.92. The average Bonchev–Trinajstić information content (AvgIpc) is 2.58. The van der Waals surface area contributed by atoms with E-state index in [1.54, 1.807) is 12.3 Å². The Morgan fingerprint density at radius 2 is 1.88 bits per heavy atom. The van der Waals surface area contributed by atoms with Gasteiger partial charge in [0, 0.05) is 36.5 Å². The zero-order valence-corrected chi connectivity index (χ0v) is 15.3. The summed E-state index contributed by atoms with van der Waals surface area (Å²) in [6, 6.07) is 6.06. The molecule has 1 fully saturated rings. The number of halogens is 2. The average molecular weight is 366 g/mol. The summed E-state index contributed by atoms with van der Waals surface area (Å²) < 4.78 is 0. The summed E-state index contributed by atoms with van der Waals surface area (Å²) in [5.74, 6) is 1.09. The second kappa shape index (κ2) is 7.13. The third kappa shape index (κ3) is 3.43. The number of nitrogens with two attached hydrogens (primary N) is 1. The minimum absolute atomic E-state index is 0.416. The fourth-order valence-corrected chi connectivity index (χ4v) is 3.44. The predicted octanol–water partition coefficient (Wildman–Crippen LogP) is 3.56. The number of aromatic nitrogens is 2. The highest BCUT2D eigenvalue weighted by Gasteiger charge is 2.23. The van der Waals surface area contributed by atoms with Crippen molar-refractivity contribution in [2.45, 2.75) is 18.9 Å². The molecule has 128 valence electrons. The van der Waals surface area contributed by atoms with Crippen molar-refractivity contribution in [3.8, 4) is 11.1 Å². The van der Waals surface area contributed by atoms with Crippen LogP contribution in [-0.2, 0) is 0 Å². The molecule has 0 atom stereocenters. The van der Waals surface area contributed by atoms with Crippen molar-refractivity contribution in [3.63, 3.8) is 0 Å². The van der Waals surface area contributed by atoms with Crippen LogP contribution in [0, 0.1) is 0 Å². The summed E-state index contributed by atoms with van der Waals surface area (Å²) in [5.41, 5.74) is 7.62. The smallest absolute Gasteiger partial charge is 0.227 e. The summed E-state index contributed by atoms with van der Waals surface area (Å²) in [6.45, 7) is 1.86. The van der Waals surface area contributed by atoms with E-state index in [0.717, 1.165) is 31.5 Å². The van der Waals surface area contributed by atoms with E-state index < -0.39 is 0 Å². The van der Waals surface area contributed by atoms with Gasteiger partial charge in [0.05, 0.1) is 10.0 Å². The first-order valence-electron chi connectivity index (χ1n) is 7.95. The Labute approximate surface area is 152 Å². The standard InChI is InChI=1S/C17H21Cl2N5/c1-23(2)11-6-8-24(9-7-11)17-21-10-13(16(20)22-17)12-4-3-5-14(18)15(12)19/h3-5,10-11H,6-9H2,1-2H3,(H2,20,21,22). The van der Waals surface area contributed by atoms with E-state index in [1.165, 1.54) is 0 Å². The van der Waals surface area contributed by atoms with E-state index >= 15 is 0 Å². The molecule has 1 aliphatic heterocycles. The molecule has 2 heterocycles. The van der Waals surface area contributed by atoms with E-state index in [4.69, 9.17) is 28.9 Å². The molecule has 3 rings (SSSR count). The molecule has 2 aromatic rings. The summed E-state index contributed by atoms with van der Waals surface area (Å²) in [4.78, 5) is 13.4. The number of anilines is 2. The SMILES string of the molecule is CN(C)C1CCN(c2ncc(-c3cccc(Cl)c3Cl)c(N)n2)CC1. The van der Waals surface area contributed by atoms with Crippen molar-refractivity contribution in [1.29, 1.82) is 0 Å². The summed E-state index contributed by atoms with van der Waals surface area (Å²) in [7, 11) is 4.25. The third-order valence-corrected chi connectivity index (χ3v) is 5.34. The Morgan fingerprint density at radius 3 is 2.50 bits per heavy atom. The van der Waals surface area contributed by atoms with Crippen LogP contribution in [0.25, 0.3) is 11.1 Å². The molecule has 24 heavy (non-hydrogen) atoms. The van der Waals surface area contributed by atoms with Crippen molar-refractivity contribution in [2.75, 3.05) is 37.8 Å². The molecule has 1 aromatic carbocycles. The number of nitrogen functional groups attached to an aromatic ring is 1. The maximum Gasteiger partial charge on any atom is 0.227 e. The van der Waals surface area contributed by atoms with Gasteiger partial charge in [-0.15, -0.1) is 0 Å². The van der Waals surface area contributed by atoms with Gasteiger partial charge in [-0.3, -0.25) is 0 Å². The predicted molar refractivity (Wildman–Crippen MR) is 101 cm³/mol. The number of piperidine rings is 1. The number of benzene rings is 1. The van der Waals surface area contributed by atoms with Crippen molar-refractivity contribution < 1.29 is 0 Å². The van der Waals surface area contributed by atoms with Gasteiger partial charge in [-0.2, -0.15) is 4.98 Å². The summed E-state index contributed by atoms with van der Waals surface area (Å²) >= 11 is 12.4. The van der Waals surface area contributed by atoms with Gasteiger partial charge in [-0.25, -0.2) is 4.98 Å². The van der Waals surface area contributed by atoms with E-state index in [2.05, 4.69) is 33.9 Å². The van der Waals surface area contributed by atoms with E-state index in [-0.39, 0.29) is 0 Å². The molecule has 0 aliphatic carbocycles. The minimum Gasteiger partial charge on any atom is -0.383 e. The van der Waals surface area contributed by atoms with Crippen molar-refractivity contribution in [2.24, 2.45) is 0 Å². The Balaban J connectivity index is 1.82. The maximum absolute atomic E-state index is 6.28. The monoisotopic (exact) mass is 365 g/mol. The fourth-order valence-electron chi connectivity index (χ4n) is 3.04. The number of rotatable bonds is 3. The lowest BCUT2D eigenvalue weighted by Gasteiger charge is -2.35. The lowest BCUT2D eigenvalue weighted by Crippen LogP contribution is -2.42. The zero-order chi connectivity index (χ0) is 17.3. The molecular weight excluding hydrogens is 345 g/mol. The molecule has 0 bridgehead atoms. The zero-order valence-electron chi connectivity index (χ0n) is 13.8. The van der Waals surface area contributed by atoms with Gasteiger partial charge in [0.25, 0.3) is 0 Å². The quantitative estimate of drug-likeness (QED) is 0.900. The Morgan fingerprint density at radius 1 is 1.17 bits per heavy atom. The van der Waals surface area contributed by atoms with Crippen LogP contribution in [0.15, 0.2) is 24.4 Å². The number of nitrogens with zero attached hydrogens (tertiary/aromatic N) is 4. The van der Waals surface area contributed by atoms with E-state index in [1.807, 2.05) is 12.1 Å². The maximum atomic E-state index is 6.28. The Bertz CT molecular complexity index is 727. The topological polar surface area (TPSA) is 58.3 Å². The molecule has 7 heteroatoms. The molecule has 1 aliphatic rings. The van der Waals surface area contributed by atoms with Crippen LogP contribution in [0.1, 0.15) is 12.8 Å². The third-order valence-electron chi connectivity index (χ3n) is 4.52. The number of hydrogen-bond donors (Lipinski definition) is 1. The van der Waals surface area contributed by atoms with Gasteiger partial charge in [0.1, 0.15) is 5.82 Å². The molecule has 1 saturated heterocycles. The molecule has 0 unspecified atom stereocenters. The van der Waals surface area contributed by atoms with Crippen molar-refractivity contribution >= 4 is 35.0 Å². The Hall–Kier alpha value is -1.56. The van der Waals surface area contributed by atoms with Crippen LogP contribution in [0.4, 0.5) is 11.8 Å². The van der Waals surface area contributed by atoms with Crippen molar-refractivity contribution in [3.05, 3.63) is 34.4 Å². The Kier molecular flexibility index (Phi) is 5.13. The first-order valence-corrected chi connectivity index (χ1v) is 8.71. The molecule has 1 aromatic heterocycles. The highest BCUT2D eigenvalue weighted by molar-refractivity contribution is 6.43. The lowest BCUT2D eigenvalue weighted by molar-refractivity contribution is 0.249. The largest absolute Gasteiger partial charge is 0.383 e. The van der Waals surface area contributed by atoms with Crippen LogP contribution >= 0.6 is 23.2 Å². The van der Waals surface area contributed by atoms with Gasteiger partial charge < -0.3 is 15.5 Å². The molecule has 0 radical (unpaired) electrons. The molecule has 0 amide bonds. The van der Waals surface area contributed by atoms with E-state index in [9.17, 15) is 0 Å². The van der Waals surface area contributed by atoms with Crippen LogP contribution < -0.4 is 10.6 Å². The molecule has 5 nitrogen and oxygen atoms in total. The van der Waals surface area contributed by atoms with E-state index in [0.29, 0.717) is 33.4 Å². The van der Waals surface area contributed by atoms with Crippen molar-refractivity contribution in [1.82, 2.24) is 14.9 Å². The first-order chi connectivity index (χ1) is 11.5. The first kappa shape index (κ1) is 17.3.